The van der Waals surface area contributed by atoms with Gasteiger partial charge in [-0.3, -0.25) is 4.79 Å². The Morgan fingerprint density at radius 3 is 2.77 bits per heavy atom. The molecule has 0 radical (unpaired) electrons. The Hall–Kier alpha value is -2.56. The number of halogens is 1. The van der Waals surface area contributed by atoms with E-state index in [1.165, 1.54) is 12.1 Å². The molecule has 0 saturated heterocycles. The molecule has 0 aliphatic heterocycles. The predicted octanol–water partition coefficient (Wildman–Crippen LogP) is 2.92. The molecule has 22 heavy (non-hydrogen) atoms. The first kappa shape index (κ1) is 15.8. The van der Waals surface area contributed by atoms with Crippen LogP contribution in [0.25, 0.3) is 0 Å². The van der Waals surface area contributed by atoms with Crippen LogP contribution in [0.15, 0.2) is 48.5 Å². The molecule has 2 rings (SSSR count). The fourth-order valence-corrected chi connectivity index (χ4v) is 1.89. The van der Waals surface area contributed by atoms with Crippen molar-refractivity contribution in [2.75, 3.05) is 13.7 Å². The number of rotatable bonds is 7. The highest BCUT2D eigenvalue weighted by molar-refractivity contribution is 5.76. The molecule has 0 saturated carbocycles. The molecule has 2 aromatic carbocycles. The zero-order valence-corrected chi connectivity index (χ0v) is 12.3. The fourth-order valence-electron chi connectivity index (χ4n) is 1.89. The standard InChI is InChI=1S/C17H18FNO3/c1-21-14-6-4-5-13(11-14)12-19-17(20)9-10-22-16-8-3-2-7-15(16)18/h2-8,11H,9-10,12H2,1H3,(H,19,20). The van der Waals surface area contributed by atoms with Crippen molar-refractivity contribution in [3.8, 4) is 11.5 Å². The summed E-state index contributed by atoms with van der Waals surface area (Å²) < 4.78 is 23.7. The maximum absolute atomic E-state index is 13.3. The molecular weight excluding hydrogens is 285 g/mol. The summed E-state index contributed by atoms with van der Waals surface area (Å²) >= 11 is 0. The van der Waals surface area contributed by atoms with Crippen LogP contribution in [0.5, 0.6) is 11.5 Å². The van der Waals surface area contributed by atoms with Crippen molar-refractivity contribution in [3.05, 3.63) is 59.9 Å². The number of amides is 1. The van der Waals surface area contributed by atoms with E-state index >= 15 is 0 Å². The molecular formula is C17H18FNO3. The minimum Gasteiger partial charge on any atom is -0.497 e. The second kappa shape index (κ2) is 8.02. The Morgan fingerprint density at radius 1 is 1.18 bits per heavy atom. The highest BCUT2D eigenvalue weighted by Crippen LogP contribution is 2.15. The van der Waals surface area contributed by atoms with Crippen molar-refractivity contribution < 1.29 is 18.7 Å². The maximum atomic E-state index is 13.3. The van der Waals surface area contributed by atoms with Crippen LogP contribution in [0.1, 0.15) is 12.0 Å². The average molecular weight is 303 g/mol. The van der Waals surface area contributed by atoms with Gasteiger partial charge < -0.3 is 14.8 Å². The molecule has 4 nitrogen and oxygen atoms in total. The van der Waals surface area contributed by atoms with Crippen molar-refractivity contribution in [3.63, 3.8) is 0 Å². The average Bonchev–Trinajstić information content (AvgIpc) is 2.55. The Balaban J connectivity index is 1.73. The Morgan fingerprint density at radius 2 is 2.00 bits per heavy atom. The van der Waals surface area contributed by atoms with Crippen LogP contribution < -0.4 is 14.8 Å². The SMILES string of the molecule is COc1cccc(CNC(=O)CCOc2ccccc2F)c1. The zero-order valence-electron chi connectivity index (χ0n) is 12.3. The third-order valence-corrected chi connectivity index (χ3v) is 3.05. The molecule has 0 fully saturated rings. The highest BCUT2D eigenvalue weighted by Gasteiger charge is 2.05. The second-order valence-corrected chi connectivity index (χ2v) is 4.66. The van der Waals surface area contributed by atoms with Gasteiger partial charge in [0.25, 0.3) is 0 Å². The van der Waals surface area contributed by atoms with E-state index in [0.717, 1.165) is 11.3 Å². The molecule has 0 unspecified atom stereocenters. The lowest BCUT2D eigenvalue weighted by Gasteiger charge is -2.08. The monoisotopic (exact) mass is 303 g/mol. The van der Waals surface area contributed by atoms with Crippen LogP contribution in [0.2, 0.25) is 0 Å². The molecule has 0 spiro atoms. The van der Waals surface area contributed by atoms with Gasteiger partial charge in [0.05, 0.1) is 20.1 Å². The van der Waals surface area contributed by atoms with Gasteiger partial charge in [-0.1, -0.05) is 24.3 Å². The van der Waals surface area contributed by atoms with Crippen LogP contribution in [0.4, 0.5) is 4.39 Å². The number of nitrogens with one attached hydrogen (secondary N) is 1. The van der Waals surface area contributed by atoms with Gasteiger partial charge in [0.1, 0.15) is 5.75 Å². The van der Waals surface area contributed by atoms with E-state index in [0.29, 0.717) is 6.54 Å². The van der Waals surface area contributed by atoms with E-state index in [1.807, 2.05) is 24.3 Å². The van der Waals surface area contributed by atoms with Crippen molar-refractivity contribution in [1.82, 2.24) is 5.32 Å². The number of methoxy groups -OCH3 is 1. The van der Waals surface area contributed by atoms with E-state index in [4.69, 9.17) is 9.47 Å². The topological polar surface area (TPSA) is 47.6 Å². The van der Waals surface area contributed by atoms with Gasteiger partial charge in [-0.05, 0) is 29.8 Å². The number of carbonyl (C=O) groups excluding carboxylic acids is 1. The fraction of sp³-hybridized carbons (Fsp3) is 0.235. The summed E-state index contributed by atoms with van der Waals surface area (Å²) in [6.45, 7) is 0.542. The van der Waals surface area contributed by atoms with Crippen molar-refractivity contribution >= 4 is 5.91 Å². The predicted molar refractivity (Wildman–Crippen MR) is 81.4 cm³/mol. The summed E-state index contributed by atoms with van der Waals surface area (Å²) in [6.07, 6.45) is 0.165. The minimum atomic E-state index is -0.431. The van der Waals surface area contributed by atoms with E-state index in [1.54, 1.807) is 19.2 Å². The third kappa shape index (κ3) is 4.77. The normalized spacial score (nSPS) is 10.1. The zero-order chi connectivity index (χ0) is 15.8. The lowest BCUT2D eigenvalue weighted by molar-refractivity contribution is -0.121. The number of carbonyl (C=O) groups is 1. The molecule has 1 N–H and O–H groups in total. The summed E-state index contributed by atoms with van der Waals surface area (Å²) in [6, 6.07) is 13.6. The quantitative estimate of drug-likeness (QED) is 0.855. The number of ether oxygens (including phenoxy) is 2. The molecule has 0 aliphatic carbocycles. The van der Waals surface area contributed by atoms with Crippen molar-refractivity contribution in [2.24, 2.45) is 0 Å². The smallest absolute Gasteiger partial charge is 0.223 e. The van der Waals surface area contributed by atoms with Crippen LogP contribution in [0.3, 0.4) is 0 Å². The maximum Gasteiger partial charge on any atom is 0.223 e. The van der Waals surface area contributed by atoms with Gasteiger partial charge in [0.2, 0.25) is 5.91 Å². The van der Waals surface area contributed by atoms with Crippen LogP contribution >= 0.6 is 0 Å². The number of para-hydroxylation sites is 1. The molecule has 0 atom stereocenters. The molecule has 1 amide bonds. The molecule has 0 aromatic heterocycles. The number of hydrogen-bond donors (Lipinski definition) is 1. The molecule has 2 aromatic rings. The lowest BCUT2D eigenvalue weighted by Crippen LogP contribution is -2.24. The number of benzene rings is 2. The first-order valence-corrected chi connectivity index (χ1v) is 6.96. The van der Waals surface area contributed by atoms with E-state index in [-0.39, 0.29) is 24.7 Å². The van der Waals surface area contributed by atoms with Crippen molar-refractivity contribution in [2.45, 2.75) is 13.0 Å². The van der Waals surface area contributed by atoms with Gasteiger partial charge in [-0.25, -0.2) is 4.39 Å². The van der Waals surface area contributed by atoms with Crippen LogP contribution in [-0.2, 0) is 11.3 Å². The summed E-state index contributed by atoms with van der Waals surface area (Å²) in [7, 11) is 1.59. The Bertz CT molecular complexity index is 631. The summed E-state index contributed by atoms with van der Waals surface area (Å²) in [5, 5.41) is 2.78. The minimum absolute atomic E-state index is 0.130. The summed E-state index contributed by atoms with van der Waals surface area (Å²) in [5.41, 5.74) is 0.947. The van der Waals surface area contributed by atoms with Crippen molar-refractivity contribution in [1.29, 1.82) is 0 Å². The summed E-state index contributed by atoms with van der Waals surface area (Å²) in [5.74, 6) is 0.316. The van der Waals surface area contributed by atoms with Gasteiger partial charge in [-0.2, -0.15) is 0 Å². The van der Waals surface area contributed by atoms with Gasteiger partial charge in [0, 0.05) is 6.54 Å². The van der Waals surface area contributed by atoms with Gasteiger partial charge >= 0.3 is 0 Å². The Labute approximate surface area is 128 Å². The Kier molecular flexibility index (Phi) is 5.77. The van der Waals surface area contributed by atoms with E-state index < -0.39 is 5.82 Å². The highest BCUT2D eigenvalue weighted by atomic mass is 19.1. The second-order valence-electron chi connectivity index (χ2n) is 4.66. The van der Waals surface area contributed by atoms with Crippen LogP contribution in [0, 0.1) is 5.82 Å². The third-order valence-electron chi connectivity index (χ3n) is 3.05. The first-order chi connectivity index (χ1) is 10.7. The molecule has 0 aliphatic rings. The molecule has 0 heterocycles. The van der Waals surface area contributed by atoms with E-state index in [9.17, 15) is 9.18 Å². The summed E-state index contributed by atoms with van der Waals surface area (Å²) in [4.78, 5) is 11.7. The number of hydrogen-bond acceptors (Lipinski definition) is 3. The molecule has 116 valence electrons. The lowest BCUT2D eigenvalue weighted by atomic mass is 10.2. The van der Waals surface area contributed by atoms with E-state index in [2.05, 4.69) is 5.32 Å². The molecule has 5 heteroatoms. The largest absolute Gasteiger partial charge is 0.497 e. The first-order valence-electron chi connectivity index (χ1n) is 6.96. The van der Waals surface area contributed by atoms with Gasteiger partial charge in [0.15, 0.2) is 11.6 Å². The molecule has 0 bridgehead atoms. The van der Waals surface area contributed by atoms with Gasteiger partial charge in [-0.15, -0.1) is 0 Å². The van der Waals surface area contributed by atoms with Crippen LogP contribution in [-0.4, -0.2) is 19.6 Å².